The number of imide groups is 1. The summed E-state index contributed by atoms with van der Waals surface area (Å²) < 4.78 is 11.3. The number of rotatable bonds is 6. The molecule has 6 heteroatoms. The minimum absolute atomic E-state index is 0.0441. The summed E-state index contributed by atoms with van der Waals surface area (Å²) in [5.74, 6) is -0.367. The van der Waals surface area contributed by atoms with E-state index < -0.39 is 5.97 Å². The van der Waals surface area contributed by atoms with Gasteiger partial charge in [0.25, 0.3) is 11.8 Å². The molecular weight excluding hydrogens is 406 g/mol. The van der Waals surface area contributed by atoms with E-state index in [0.29, 0.717) is 34.8 Å². The first-order chi connectivity index (χ1) is 15.4. The molecule has 0 fully saturated rings. The molecule has 3 aromatic rings. The summed E-state index contributed by atoms with van der Waals surface area (Å²) in [4.78, 5) is 39.7. The average Bonchev–Trinajstić information content (AvgIpc) is 3.02. The summed E-state index contributed by atoms with van der Waals surface area (Å²) in [6.45, 7) is 5.99. The normalized spacial score (nSPS) is 12.7. The van der Waals surface area contributed by atoms with Crippen molar-refractivity contribution < 1.29 is 23.9 Å². The van der Waals surface area contributed by atoms with E-state index in [9.17, 15) is 14.4 Å². The van der Waals surface area contributed by atoms with Crippen LogP contribution in [0.1, 0.15) is 54.7 Å². The maximum absolute atomic E-state index is 13.1. The van der Waals surface area contributed by atoms with Gasteiger partial charge in [-0.2, -0.15) is 0 Å². The second-order valence-electron chi connectivity index (χ2n) is 7.62. The smallest absolute Gasteiger partial charge is 0.347 e. The minimum atomic E-state index is -0.560. The molecule has 3 aromatic carbocycles. The number of esters is 1. The third-order valence-corrected chi connectivity index (χ3v) is 5.39. The third kappa shape index (κ3) is 3.87. The maximum Gasteiger partial charge on any atom is 0.347 e. The number of hydrogen-bond acceptors (Lipinski definition) is 5. The molecule has 0 atom stereocenters. The Balaban J connectivity index is 1.63. The van der Waals surface area contributed by atoms with E-state index in [1.54, 1.807) is 42.5 Å². The Morgan fingerprint density at radius 3 is 2.09 bits per heavy atom. The Kier molecular flexibility index (Phi) is 5.77. The topological polar surface area (TPSA) is 72.9 Å². The predicted octanol–water partition coefficient (Wildman–Crippen LogP) is 4.72. The van der Waals surface area contributed by atoms with Crippen molar-refractivity contribution >= 4 is 17.8 Å². The molecule has 0 aliphatic carbocycles. The highest BCUT2D eigenvalue weighted by molar-refractivity contribution is 6.21. The van der Waals surface area contributed by atoms with E-state index in [1.165, 1.54) is 4.90 Å². The molecule has 0 unspecified atom stereocenters. The van der Waals surface area contributed by atoms with Gasteiger partial charge in [-0.3, -0.25) is 14.5 Å². The SMILES string of the molecule is CCOc1ccc(CN2C(=O)c3ccccc3C2=O)cc1C(=O)Oc1c(C)cccc1C. The van der Waals surface area contributed by atoms with Gasteiger partial charge in [0.05, 0.1) is 24.3 Å². The van der Waals surface area contributed by atoms with E-state index in [0.717, 1.165) is 11.1 Å². The molecule has 0 saturated heterocycles. The van der Waals surface area contributed by atoms with Crippen LogP contribution < -0.4 is 9.47 Å². The summed E-state index contributed by atoms with van der Waals surface area (Å²) in [7, 11) is 0. The monoisotopic (exact) mass is 429 g/mol. The van der Waals surface area contributed by atoms with Crippen molar-refractivity contribution in [2.24, 2.45) is 0 Å². The predicted molar refractivity (Wildman–Crippen MR) is 119 cm³/mol. The van der Waals surface area contributed by atoms with Crippen molar-refractivity contribution in [3.8, 4) is 11.5 Å². The van der Waals surface area contributed by atoms with Gasteiger partial charge < -0.3 is 9.47 Å². The summed E-state index contributed by atoms with van der Waals surface area (Å²) in [6, 6.07) is 17.4. The minimum Gasteiger partial charge on any atom is -0.493 e. The van der Waals surface area contributed by atoms with Gasteiger partial charge in [-0.1, -0.05) is 36.4 Å². The molecule has 6 nitrogen and oxygen atoms in total. The lowest BCUT2D eigenvalue weighted by Gasteiger charge is -2.17. The van der Waals surface area contributed by atoms with E-state index in [-0.39, 0.29) is 23.9 Å². The van der Waals surface area contributed by atoms with Crippen molar-refractivity contribution in [3.63, 3.8) is 0 Å². The second-order valence-corrected chi connectivity index (χ2v) is 7.62. The van der Waals surface area contributed by atoms with E-state index in [4.69, 9.17) is 9.47 Å². The Morgan fingerprint density at radius 1 is 0.875 bits per heavy atom. The average molecular weight is 429 g/mol. The molecular formula is C26H23NO5. The number of nitrogens with zero attached hydrogens (tertiary/aromatic N) is 1. The van der Waals surface area contributed by atoms with Crippen molar-refractivity contribution in [1.82, 2.24) is 4.90 Å². The number of hydrogen-bond donors (Lipinski definition) is 0. The van der Waals surface area contributed by atoms with Gasteiger partial charge in [0.2, 0.25) is 0 Å². The van der Waals surface area contributed by atoms with E-state index in [1.807, 2.05) is 39.0 Å². The highest BCUT2D eigenvalue weighted by Gasteiger charge is 2.35. The maximum atomic E-state index is 13.1. The molecule has 162 valence electrons. The number of carbonyl (C=O) groups excluding carboxylic acids is 3. The highest BCUT2D eigenvalue weighted by Crippen LogP contribution is 2.29. The molecule has 2 amide bonds. The molecule has 32 heavy (non-hydrogen) atoms. The van der Waals surface area contributed by atoms with E-state index in [2.05, 4.69) is 0 Å². The zero-order valence-corrected chi connectivity index (χ0v) is 18.2. The highest BCUT2D eigenvalue weighted by atomic mass is 16.5. The summed E-state index contributed by atoms with van der Waals surface area (Å²) in [6.07, 6.45) is 0. The lowest BCUT2D eigenvalue weighted by atomic mass is 10.1. The number of aryl methyl sites for hydroxylation is 2. The Bertz CT molecular complexity index is 1180. The molecule has 0 aromatic heterocycles. The number of benzene rings is 3. The fourth-order valence-electron chi connectivity index (χ4n) is 3.79. The van der Waals surface area contributed by atoms with Crippen LogP contribution in [-0.4, -0.2) is 29.3 Å². The van der Waals surface area contributed by atoms with Crippen molar-refractivity contribution in [1.29, 1.82) is 0 Å². The van der Waals surface area contributed by atoms with Gasteiger partial charge in [-0.15, -0.1) is 0 Å². The van der Waals surface area contributed by atoms with Crippen molar-refractivity contribution in [2.45, 2.75) is 27.3 Å². The molecule has 0 spiro atoms. The van der Waals surface area contributed by atoms with Crippen LogP contribution in [0.25, 0.3) is 0 Å². The van der Waals surface area contributed by atoms with Crippen LogP contribution in [0.15, 0.2) is 60.7 Å². The molecule has 1 aliphatic heterocycles. The first-order valence-corrected chi connectivity index (χ1v) is 10.4. The van der Waals surface area contributed by atoms with Gasteiger partial charge in [0.15, 0.2) is 0 Å². The first-order valence-electron chi connectivity index (χ1n) is 10.4. The lowest BCUT2D eigenvalue weighted by Crippen LogP contribution is -2.29. The largest absolute Gasteiger partial charge is 0.493 e. The number of ether oxygens (including phenoxy) is 2. The van der Waals surface area contributed by atoms with Crippen LogP contribution in [0.2, 0.25) is 0 Å². The number of para-hydroxylation sites is 1. The van der Waals surface area contributed by atoms with Gasteiger partial charge in [0.1, 0.15) is 17.1 Å². The van der Waals surface area contributed by atoms with Gasteiger partial charge in [0, 0.05) is 0 Å². The van der Waals surface area contributed by atoms with Crippen LogP contribution in [0.3, 0.4) is 0 Å². The van der Waals surface area contributed by atoms with Crippen molar-refractivity contribution in [2.75, 3.05) is 6.61 Å². The summed E-state index contributed by atoms with van der Waals surface area (Å²) >= 11 is 0. The summed E-state index contributed by atoms with van der Waals surface area (Å²) in [5.41, 5.74) is 3.33. The van der Waals surface area contributed by atoms with Crippen LogP contribution in [-0.2, 0) is 6.54 Å². The van der Waals surface area contributed by atoms with Crippen LogP contribution in [0, 0.1) is 13.8 Å². The zero-order chi connectivity index (χ0) is 22.8. The molecule has 0 N–H and O–H groups in total. The second kappa shape index (κ2) is 8.67. The Labute approximate surface area is 186 Å². The van der Waals surface area contributed by atoms with Gasteiger partial charge in [-0.25, -0.2) is 4.79 Å². The van der Waals surface area contributed by atoms with Gasteiger partial charge >= 0.3 is 5.97 Å². The summed E-state index contributed by atoms with van der Waals surface area (Å²) in [5, 5.41) is 0. The third-order valence-electron chi connectivity index (χ3n) is 5.39. The molecule has 1 heterocycles. The standard InChI is InChI=1S/C26H23NO5/c1-4-31-22-13-12-18(15-27-24(28)19-10-5-6-11-20(19)25(27)29)14-21(22)26(30)32-23-16(2)8-7-9-17(23)3/h5-14H,4,15H2,1-3H3. The number of carbonyl (C=O) groups is 3. The Hall–Kier alpha value is -3.93. The van der Waals surface area contributed by atoms with Crippen LogP contribution in [0.4, 0.5) is 0 Å². The molecule has 4 rings (SSSR count). The van der Waals surface area contributed by atoms with Crippen LogP contribution >= 0.6 is 0 Å². The molecule has 0 bridgehead atoms. The fraction of sp³-hybridized carbons (Fsp3) is 0.192. The molecule has 1 aliphatic rings. The fourth-order valence-corrected chi connectivity index (χ4v) is 3.79. The lowest BCUT2D eigenvalue weighted by molar-refractivity contribution is 0.0642. The van der Waals surface area contributed by atoms with Crippen molar-refractivity contribution in [3.05, 3.63) is 94.0 Å². The quantitative estimate of drug-likeness (QED) is 0.322. The molecule has 0 radical (unpaired) electrons. The number of fused-ring (bicyclic) bond motifs is 1. The zero-order valence-electron chi connectivity index (χ0n) is 18.2. The van der Waals surface area contributed by atoms with E-state index >= 15 is 0 Å². The number of amides is 2. The first kappa shape index (κ1) is 21.3. The molecule has 0 saturated carbocycles. The van der Waals surface area contributed by atoms with Crippen LogP contribution in [0.5, 0.6) is 11.5 Å². The van der Waals surface area contributed by atoms with Gasteiger partial charge in [-0.05, 0) is 61.7 Å². The Morgan fingerprint density at radius 2 is 1.50 bits per heavy atom.